The van der Waals surface area contributed by atoms with Crippen molar-refractivity contribution in [3.8, 4) is 0 Å². The summed E-state index contributed by atoms with van der Waals surface area (Å²) in [5.74, 6) is 5.32. The van der Waals surface area contributed by atoms with Gasteiger partial charge in [-0.1, -0.05) is 31.1 Å². The first-order valence-corrected chi connectivity index (χ1v) is 7.18. The zero-order valence-corrected chi connectivity index (χ0v) is 11.2. The van der Waals surface area contributed by atoms with Gasteiger partial charge in [0.2, 0.25) is 5.13 Å². The van der Waals surface area contributed by atoms with Gasteiger partial charge in [0.15, 0.2) is 0 Å². The van der Waals surface area contributed by atoms with E-state index in [0.29, 0.717) is 5.13 Å². The van der Waals surface area contributed by atoms with Crippen LogP contribution in [0.25, 0.3) is 0 Å². The lowest BCUT2D eigenvalue weighted by Crippen LogP contribution is -2.38. The molecule has 17 heavy (non-hydrogen) atoms. The first-order valence-electron chi connectivity index (χ1n) is 6.36. The van der Waals surface area contributed by atoms with Crippen molar-refractivity contribution in [3.05, 3.63) is 5.01 Å². The molecule has 0 bridgehead atoms. The molecule has 0 amide bonds. The second kappa shape index (κ2) is 6.28. The monoisotopic (exact) mass is 255 g/mol. The summed E-state index contributed by atoms with van der Waals surface area (Å²) in [4.78, 5) is 2.55. The number of nitrogens with one attached hydrogen (secondary N) is 1. The molecule has 1 aromatic heterocycles. The number of nitrogen functional groups attached to an aromatic ring is 1. The maximum Gasteiger partial charge on any atom is 0.219 e. The Kier molecular flexibility index (Phi) is 4.70. The summed E-state index contributed by atoms with van der Waals surface area (Å²) >= 11 is 1.55. The highest BCUT2D eigenvalue weighted by atomic mass is 32.1. The number of anilines is 1. The second-order valence-corrected chi connectivity index (χ2v) is 5.62. The number of hydrazine groups is 1. The molecule has 1 unspecified atom stereocenters. The topological polar surface area (TPSA) is 67.1 Å². The van der Waals surface area contributed by atoms with Crippen LogP contribution in [0.3, 0.4) is 0 Å². The maximum absolute atomic E-state index is 5.32. The number of hydrogen-bond acceptors (Lipinski definition) is 6. The first-order chi connectivity index (χ1) is 8.33. The molecular formula is C11H21N5S. The second-order valence-electron chi connectivity index (χ2n) is 4.55. The number of nitrogens with two attached hydrogens (primary N) is 1. The predicted octanol–water partition coefficient (Wildman–Crippen LogP) is 1.98. The normalized spacial score (nSPS) is 21.6. The number of nitrogens with zero attached hydrogens (tertiary/aromatic N) is 3. The van der Waals surface area contributed by atoms with Gasteiger partial charge in [0.25, 0.3) is 0 Å². The third-order valence-electron chi connectivity index (χ3n) is 3.30. The van der Waals surface area contributed by atoms with Crippen LogP contribution in [0.5, 0.6) is 0 Å². The van der Waals surface area contributed by atoms with Crippen molar-refractivity contribution in [3.63, 3.8) is 0 Å². The lowest BCUT2D eigenvalue weighted by molar-refractivity contribution is 0.131. The minimum absolute atomic E-state index is 0.698. The van der Waals surface area contributed by atoms with Crippen molar-refractivity contribution in [2.75, 3.05) is 12.0 Å². The van der Waals surface area contributed by atoms with E-state index in [0.717, 1.165) is 17.6 Å². The third-order valence-corrected chi connectivity index (χ3v) is 4.14. The molecule has 6 heteroatoms. The van der Waals surface area contributed by atoms with E-state index in [1.807, 2.05) is 0 Å². The zero-order chi connectivity index (χ0) is 12.1. The van der Waals surface area contributed by atoms with Crippen LogP contribution in [0.2, 0.25) is 0 Å². The van der Waals surface area contributed by atoms with E-state index in [9.17, 15) is 0 Å². The van der Waals surface area contributed by atoms with E-state index in [1.54, 1.807) is 11.3 Å². The highest BCUT2D eigenvalue weighted by Crippen LogP contribution is 2.24. The standard InChI is InChI=1S/C11H21N5S/c1-2-5-9-6-3-4-7-16(9)8-10-14-15-11(13-12)17-10/h9H,2-8,12H2,1H3,(H,13,15). The summed E-state index contributed by atoms with van der Waals surface area (Å²) in [6.07, 6.45) is 6.55. The number of likely N-dealkylation sites (tertiary alicyclic amines) is 1. The average molecular weight is 255 g/mol. The molecule has 0 aromatic carbocycles. The molecular weight excluding hydrogens is 234 g/mol. The number of aromatic nitrogens is 2. The van der Waals surface area contributed by atoms with Crippen LogP contribution in [0.4, 0.5) is 5.13 Å². The third kappa shape index (κ3) is 3.37. The summed E-state index contributed by atoms with van der Waals surface area (Å²) in [6.45, 7) is 4.37. The van der Waals surface area contributed by atoms with Crippen molar-refractivity contribution in [1.82, 2.24) is 15.1 Å². The highest BCUT2D eigenvalue weighted by molar-refractivity contribution is 7.15. The summed E-state index contributed by atoms with van der Waals surface area (Å²) in [5, 5.41) is 9.89. The summed E-state index contributed by atoms with van der Waals surface area (Å²) in [7, 11) is 0. The average Bonchev–Trinajstić information content (AvgIpc) is 2.80. The van der Waals surface area contributed by atoms with E-state index in [4.69, 9.17) is 5.84 Å². The van der Waals surface area contributed by atoms with E-state index >= 15 is 0 Å². The molecule has 3 N–H and O–H groups in total. The Balaban J connectivity index is 1.95. The van der Waals surface area contributed by atoms with Crippen molar-refractivity contribution < 1.29 is 0 Å². The van der Waals surface area contributed by atoms with E-state index in [1.165, 1.54) is 38.6 Å². The van der Waals surface area contributed by atoms with Gasteiger partial charge in [0.05, 0.1) is 6.54 Å². The van der Waals surface area contributed by atoms with E-state index in [-0.39, 0.29) is 0 Å². The maximum atomic E-state index is 5.32. The van der Waals surface area contributed by atoms with Gasteiger partial charge >= 0.3 is 0 Å². The predicted molar refractivity (Wildman–Crippen MR) is 70.7 cm³/mol. The van der Waals surface area contributed by atoms with Crippen LogP contribution in [0, 0.1) is 0 Å². The van der Waals surface area contributed by atoms with Crippen LogP contribution < -0.4 is 11.3 Å². The molecule has 0 spiro atoms. The van der Waals surface area contributed by atoms with Crippen molar-refractivity contribution in [1.29, 1.82) is 0 Å². The Morgan fingerprint density at radius 2 is 2.35 bits per heavy atom. The van der Waals surface area contributed by atoms with E-state index < -0.39 is 0 Å². The van der Waals surface area contributed by atoms with Crippen LogP contribution in [0.15, 0.2) is 0 Å². The fourth-order valence-electron chi connectivity index (χ4n) is 2.48. The van der Waals surface area contributed by atoms with Gasteiger partial charge in [-0.15, -0.1) is 10.2 Å². The SMILES string of the molecule is CCCC1CCCCN1Cc1nnc(NN)s1. The summed E-state index contributed by atoms with van der Waals surface area (Å²) in [5.41, 5.74) is 2.55. The van der Waals surface area contributed by atoms with Crippen LogP contribution >= 0.6 is 11.3 Å². The molecule has 1 fully saturated rings. The van der Waals surface area contributed by atoms with Crippen LogP contribution in [0.1, 0.15) is 44.0 Å². The fourth-order valence-corrected chi connectivity index (χ4v) is 3.15. The molecule has 1 atom stereocenters. The lowest BCUT2D eigenvalue weighted by atomic mass is 9.98. The molecule has 0 saturated carbocycles. The number of piperidine rings is 1. The Bertz CT molecular complexity index is 338. The lowest BCUT2D eigenvalue weighted by Gasteiger charge is -2.34. The Labute approximate surface area is 106 Å². The Morgan fingerprint density at radius 3 is 3.06 bits per heavy atom. The van der Waals surface area contributed by atoms with Gasteiger partial charge in [-0.2, -0.15) is 0 Å². The molecule has 2 heterocycles. The minimum Gasteiger partial charge on any atom is -0.298 e. The van der Waals surface area contributed by atoms with Crippen molar-refractivity contribution >= 4 is 16.5 Å². The van der Waals surface area contributed by atoms with Gasteiger partial charge in [0.1, 0.15) is 5.01 Å². The van der Waals surface area contributed by atoms with E-state index in [2.05, 4.69) is 27.4 Å². The van der Waals surface area contributed by atoms with Gasteiger partial charge in [0, 0.05) is 6.04 Å². The molecule has 5 nitrogen and oxygen atoms in total. The molecule has 1 aliphatic rings. The Morgan fingerprint density at radius 1 is 1.47 bits per heavy atom. The molecule has 1 aliphatic heterocycles. The summed E-state index contributed by atoms with van der Waals surface area (Å²) in [6, 6.07) is 0.729. The quantitative estimate of drug-likeness (QED) is 0.622. The highest BCUT2D eigenvalue weighted by Gasteiger charge is 2.22. The van der Waals surface area contributed by atoms with Crippen molar-refractivity contribution in [2.24, 2.45) is 5.84 Å². The minimum atomic E-state index is 0.698. The van der Waals surface area contributed by atoms with Crippen LogP contribution in [-0.4, -0.2) is 27.7 Å². The van der Waals surface area contributed by atoms with Crippen LogP contribution in [-0.2, 0) is 6.54 Å². The Hall–Kier alpha value is -0.720. The summed E-state index contributed by atoms with van der Waals surface area (Å²) < 4.78 is 0. The van der Waals surface area contributed by atoms with Gasteiger partial charge in [-0.3, -0.25) is 10.3 Å². The molecule has 2 rings (SSSR count). The zero-order valence-electron chi connectivity index (χ0n) is 10.4. The molecule has 96 valence electrons. The molecule has 0 radical (unpaired) electrons. The fraction of sp³-hybridized carbons (Fsp3) is 0.818. The van der Waals surface area contributed by atoms with Gasteiger partial charge < -0.3 is 0 Å². The molecule has 0 aliphatic carbocycles. The van der Waals surface area contributed by atoms with Gasteiger partial charge in [-0.05, 0) is 25.8 Å². The molecule has 1 saturated heterocycles. The van der Waals surface area contributed by atoms with Crippen molar-refractivity contribution in [2.45, 2.75) is 51.6 Å². The molecule has 1 aromatic rings. The van der Waals surface area contributed by atoms with Gasteiger partial charge in [-0.25, -0.2) is 5.84 Å². The largest absolute Gasteiger partial charge is 0.298 e. The number of rotatable bonds is 5. The first kappa shape index (κ1) is 12.7. The smallest absolute Gasteiger partial charge is 0.219 e. The number of hydrogen-bond donors (Lipinski definition) is 2.